The lowest BCUT2D eigenvalue weighted by molar-refractivity contribution is 0.0955. The lowest BCUT2D eigenvalue weighted by Gasteiger charge is -2.19. The maximum Gasteiger partial charge on any atom is 0.251 e. The Morgan fingerprint density at radius 3 is 2.26 bits per heavy atom. The molecule has 0 unspecified atom stereocenters. The van der Waals surface area contributed by atoms with Gasteiger partial charge in [0.2, 0.25) is 0 Å². The molecule has 2 aromatic rings. The molecule has 2 rings (SSSR count). The normalized spacial score (nSPS) is 11.1. The number of hydrogen-bond acceptors (Lipinski definition) is 4. The molecule has 5 heteroatoms. The Bertz CT molecular complexity index is 642. The van der Waals surface area contributed by atoms with Crippen molar-refractivity contribution in [1.29, 1.82) is 0 Å². The van der Waals surface area contributed by atoms with E-state index in [-0.39, 0.29) is 11.3 Å². The summed E-state index contributed by atoms with van der Waals surface area (Å²) in [6.07, 6.45) is 0. The first-order valence-corrected chi connectivity index (χ1v) is 7.79. The number of aryl methyl sites for hydroxylation is 1. The van der Waals surface area contributed by atoms with Crippen molar-refractivity contribution in [2.75, 3.05) is 18.4 Å². The molecule has 0 spiro atoms. The van der Waals surface area contributed by atoms with Crippen LogP contribution >= 0.6 is 0 Å². The van der Waals surface area contributed by atoms with Gasteiger partial charge >= 0.3 is 0 Å². The van der Waals surface area contributed by atoms with Crippen LogP contribution in [0.3, 0.4) is 0 Å². The Morgan fingerprint density at radius 1 is 1.00 bits per heavy atom. The first kappa shape index (κ1) is 16.9. The van der Waals surface area contributed by atoms with Crippen molar-refractivity contribution in [3.05, 3.63) is 53.2 Å². The highest BCUT2D eigenvalue weighted by Crippen LogP contribution is 2.22. The largest absolute Gasteiger partial charge is 0.367 e. The Kier molecular flexibility index (Phi) is 5.32. The van der Waals surface area contributed by atoms with Crippen LogP contribution in [0.5, 0.6) is 0 Å². The molecule has 0 radical (unpaired) electrons. The molecule has 1 aromatic heterocycles. The maximum atomic E-state index is 12.1. The van der Waals surface area contributed by atoms with Gasteiger partial charge in [0.15, 0.2) is 0 Å². The number of anilines is 1. The van der Waals surface area contributed by atoms with Gasteiger partial charge in [-0.3, -0.25) is 4.79 Å². The smallest absolute Gasteiger partial charge is 0.251 e. The molecule has 122 valence electrons. The third-order valence-electron chi connectivity index (χ3n) is 3.53. The van der Waals surface area contributed by atoms with Crippen LogP contribution in [0.2, 0.25) is 0 Å². The van der Waals surface area contributed by atoms with Gasteiger partial charge in [0.05, 0.1) is 5.69 Å². The number of aromatic nitrogens is 2. The summed E-state index contributed by atoms with van der Waals surface area (Å²) >= 11 is 0. The summed E-state index contributed by atoms with van der Waals surface area (Å²) in [5.41, 5.74) is 2.86. The highest BCUT2D eigenvalue weighted by molar-refractivity contribution is 5.94. The number of benzene rings is 1. The summed E-state index contributed by atoms with van der Waals surface area (Å²) in [5.74, 6) is 0.640. The van der Waals surface area contributed by atoms with Crippen molar-refractivity contribution in [3.63, 3.8) is 0 Å². The summed E-state index contributed by atoms with van der Waals surface area (Å²) in [4.78, 5) is 12.1. The van der Waals surface area contributed by atoms with E-state index in [2.05, 4.69) is 41.6 Å². The Hall–Kier alpha value is -2.43. The zero-order valence-corrected chi connectivity index (χ0v) is 14.2. The minimum atomic E-state index is -0.0674. The van der Waals surface area contributed by atoms with E-state index in [0.29, 0.717) is 24.5 Å². The van der Waals surface area contributed by atoms with Crippen molar-refractivity contribution in [1.82, 2.24) is 15.5 Å². The minimum absolute atomic E-state index is 0.0674. The maximum absolute atomic E-state index is 12.1. The second-order valence-electron chi connectivity index (χ2n) is 6.57. The van der Waals surface area contributed by atoms with E-state index >= 15 is 0 Å². The topological polar surface area (TPSA) is 66.9 Å². The van der Waals surface area contributed by atoms with Crippen LogP contribution in [0.4, 0.5) is 5.82 Å². The van der Waals surface area contributed by atoms with Gasteiger partial charge in [0, 0.05) is 18.7 Å². The first-order valence-electron chi connectivity index (χ1n) is 7.79. The van der Waals surface area contributed by atoms with E-state index in [0.717, 1.165) is 5.69 Å². The molecule has 1 aromatic carbocycles. The van der Waals surface area contributed by atoms with Crippen LogP contribution in [0.25, 0.3) is 0 Å². The molecule has 2 N–H and O–H groups in total. The lowest BCUT2D eigenvalue weighted by Crippen LogP contribution is -2.29. The van der Waals surface area contributed by atoms with Crippen LogP contribution in [0, 0.1) is 6.92 Å². The van der Waals surface area contributed by atoms with Crippen molar-refractivity contribution < 1.29 is 4.79 Å². The van der Waals surface area contributed by atoms with Gasteiger partial charge in [-0.2, -0.15) is 5.10 Å². The summed E-state index contributed by atoms with van der Waals surface area (Å²) in [6.45, 7) is 9.48. The number of nitrogens with zero attached hydrogens (tertiary/aromatic N) is 2. The van der Waals surface area contributed by atoms with Crippen molar-refractivity contribution >= 4 is 11.7 Å². The number of rotatable bonds is 5. The van der Waals surface area contributed by atoms with E-state index in [1.54, 1.807) is 0 Å². The summed E-state index contributed by atoms with van der Waals surface area (Å²) < 4.78 is 0. The quantitative estimate of drug-likeness (QED) is 0.833. The predicted octanol–water partition coefficient (Wildman–Crippen LogP) is 2.92. The Labute approximate surface area is 137 Å². The van der Waals surface area contributed by atoms with E-state index in [1.165, 1.54) is 5.56 Å². The van der Waals surface area contributed by atoms with Crippen LogP contribution in [-0.4, -0.2) is 29.2 Å². The van der Waals surface area contributed by atoms with Gasteiger partial charge in [-0.15, -0.1) is 5.10 Å². The molecule has 0 fully saturated rings. The fourth-order valence-electron chi connectivity index (χ4n) is 2.08. The van der Waals surface area contributed by atoms with Gasteiger partial charge in [-0.25, -0.2) is 0 Å². The molecule has 1 amide bonds. The number of carbonyl (C=O) groups is 1. The average Bonchev–Trinajstić information content (AvgIpc) is 2.52. The van der Waals surface area contributed by atoms with Crippen molar-refractivity contribution in [2.24, 2.45) is 0 Å². The third kappa shape index (κ3) is 5.06. The average molecular weight is 312 g/mol. The van der Waals surface area contributed by atoms with Crippen LogP contribution in [0.1, 0.15) is 42.4 Å². The molecule has 0 aliphatic rings. The zero-order chi connectivity index (χ0) is 16.9. The lowest BCUT2D eigenvalue weighted by atomic mass is 9.87. The molecule has 0 saturated carbocycles. The highest BCUT2D eigenvalue weighted by atomic mass is 16.1. The van der Waals surface area contributed by atoms with Crippen LogP contribution in [-0.2, 0) is 5.41 Å². The van der Waals surface area contributed by atoms with Crippen molar-refractivity contribution in [3.8, 4) is 0 Å². The first-order chi connectivity index (χ1) is 10.9. The molecular formula is C18H24N4O. The summed E-state index contributed by atoms with van der Waals surface area (Å²) in [6, 6.07) is 11.5. The van der Waals surface area contributed by atoms with E-state index in [4.69, 9.17) is 0 Å². The molecule has 5 nitrogen and oxygen atoms in total. The number of amides is 1. The molecule has 23 heavy (non-hydrogen) atoms. The fraction of sp³-hybridized carbons (Fsp3) is 0.389. The van der Waals surface area contributed by atoms with Gasteiger partial charge in [0.25, 0.3) is 5.91 Å². The number of nitrogens with one attached hydrogen (secondary N) is 2. The zero-order valence-electron chi connectivity index (χ0n) is 14.2. The third-order valence-corrected chi connectivity index (χ3v) is 3.53. The van der Waals surface area contributed by atoms with E-state index < -0.39 is 0 Å². The standard InChI is InChI=1S/C18H24N4O/c1-13-5-10-16(22-21-13)19-11-12-20-17(23)14-6-8-15(9-7-14)18(2,3)4/h5-10H,11-12H2,1-4H3,(H,19,22)(H,20,23). The highest BCUT2D eigenvalue weighted by Gasteiger charge is 2.14. The molecule has 0 aliphatic heterocycles. The van der Waals surface area contributed by atoms with Crippen LogP contribution < -0.4 is 10.6 Å². The number of hydrogen-bond donors (Lipinski definition) is 2. The van der Waals surface area contributed by atoms with E-state index in [1.807, 2.05) is 43.3 Å². The molecule has 0 bridgehead atoms. The van der Waals surface area contributed by atoms with Crippen molar-refractivity contribution in [2.45, 2.75) is 33.1 Å². The molecule has 1 heterocycles. The Morgan fingerprint density at radius 2 is 1.70 bits per heavy atom. The monoisotopic (exact) mass is 312 g/mol. The summed E-state index contributed by atoms with van der Waals surface area (Å²) in [7, 11) is 0. The molecule has 0 saturated heterocycles. The fourth-order valence-corrected chi connectivity index (χ4v) is 2.08. The van der Waals surface area contributed by atoms with E-state index in [9.17, 15) is 4.79 Å². The van der Waals surface area contributed by atoms with Gasteiger partial charge in [-0.1, -0.05) is 32.9 Å². The molecule has 0 aliphatic carbocycles. The SMILES string of the molecule is Cc1ccc(NCCNC(=O)c2ccc(C(C)(C)C)cc2)nn1. The second-order valence-corrected chi connectivity index (χ2v) is 6.57. The molecule has 0 atom stereocenters. The Balaban J connectivity index is 1.79. The summed E-state index contributed by atoms with van der Waals surface area (Å²) in [5, 5.41) is 14.0. The van der Waals surface area contributed by atoms with Gasteiger partial charge in [-0.05, 0) is 42.2 Å². The van der Waals surface area contributed by atoms with Crippen LogP contribution in [0.15, 0.2) is 36.4 Å². The predicted molar refractivity (Wildman–Crippen MR) is 92.7 cm³/mol. The number of carbonyl (C=O) groups excluding carboxylic acids is 1. The van der Waals surface area contributed by atoms with Gasteiger partial charge < -0.3 is 10.6 Å². The second kappa shape index (κ2) is 7.22. The van der Waals surface area contributed by atoms with Gasteiger partial charge in [0.1, 0.15) is 5.82 Å². The minimum Gasteiger partial charge on any atom is -0.367 e. The molecular weight excluding hydrogens is 288 g/mol.